The standard InChI is InChI=1S/C19H24N6O/c1-20-19(24(2)14-15-8-4-5-9-16(15)26-3)21-12-11-18-23-22-17-10-6-7-13-25(17)18/h4-10,13H,11-12,14H2,1-3H3,(H,20,21). The Kier molecular flexibility index (Phi) is 5.68. The van der Waals surface area contributed by atoms with Crippen LogP contribution in [0, 0.1) is 0 Å². The minimum atomic E-state index is 0.706. The summed E-state index contributed by atoms with van der Waals surface area (Å²) >= 11 is 0. The topological polar surface area (TPSA) is 67.0 Å². The molecule has 1 N–H and O–H groups in total. The molecule has 3 aromatic rings. The van der Waals surface area contributed by atoms with Crippen LogP contribution in [0.25, 0.3) is 5.65 Å². The van der Waals surface area contributed by atoms with Gasteiger partial charge in [0.05, 0.1) is 7.11 Å². The number of hydrogen-bond donors (Lipinski definition) is 1. The minimum absolute atomic E-state index is 0.706. The fourth-order valence-corrected chi connectivity index (χ4v) is 2.90. The lowest BCUT2D eigenvalue weighted by molar-refractivity contribution is 0.396. The number of para-hydroxylation sites is 1. The molecule has 0 spiro atoms. The molecule has 0 aliphatic rings. The summed E-state index contributed by atoms with van der Waals surface area (Å²) in [6, 6.07) is 13.9. The first-order chi connectivity index (χ1) is 12.7. The van der Waals surface area contributed by atoms with Gasteiger partial charge in [-0.05, 0) is 18.2 Å². The molecule has 0 saturated carbocycles. The van der Waals surface area contributed by atoms with Gasteiger partial charge in [0, 0.05) is 45.4 Å². The van der Waals surface area contributed by atoms with Crippen molar-refractivity contribution < 1.29 is 4.74 Å². The first-order valence-electron chi connectivity index (χ1n) is 8.55. The highest BCUT2D eigenvalue weighted by molar-refractivity contribution is 5.79. The Morgan fingerprint density at radius 3 is 2.81 bits per heavy atom. The molecule has 0 bridgehead atoms. The van der Waals surface area contributed by atoms with Crippen LogP contribution in [-0.2, 0) is 13.0 Å². The van der Waals surface area contributed by atoms with Crippen LogP contribution >= 0.6 is 0 Å². The molecule has 0 aliphatic carbocycles. The molecule has 0 aliphatic heterocycles. The van der Waals surface area contributed by atoms with E-state index < -0.39 is 0 Å². The third-order valence-electron chi connectivity index (χ3n) is 4.19. The molecule has 26 heavy (non-hydrogen) atoms. The monoisotopic (exact) mass is 352 g/mol. The van der Waals surface area contributed by atoms with Crippen LogP contribution in [0.3, 0.4) is 0 Å². The van der Waals surface area contributed by atoms with E-state index in [1.807, 2.05) is 54.0 Å². The zero-order valence-corrected chi connectivity index (χ0v) is 15.4. The zero-order chi connectivity index (χ0) is 18.4. The highest BCUT2D eigenvalue weighted by Crippen LogP contribution is 2.18. The predicted molar refractivity (Wildman–Crippen MR) is 103 cm³/mol. The molecule has 1 aromatic carbocycles. The van der Waals surface area contributed by atoms with E-state index in [-0.39, 0.29) is 0 Å². The third kappa shape index (κ3) is 3.93. The van der Waals surface area contributed by atoms with Gasteiger partial charge in [-0.2, -0.15) is 0 Å². The average molecular weight is 352 g/mol. The number of fused-ring (bicyclic) bond motifs is 1. The molecule has 0 fully saturated rings. The fourth-order valence-electron chi connectivity index (χ4n) is 2.90. The highest BCUT2D eigenvalue weighted by Gasteiger charge is 2.10. The molecule has 7 nitrogen and oxygen atoms in total. The van der Waals surface area contributed by atoms with E-state index in [9.17, 15) is 0 Å². The van der Waals surface area contributed by atoms with Gasteiger partial charge < -0.3 is 15.0 Å². The highest BCUT2D eigenvalue weighted by atomic mass is 16.5. The van der Waals surface area contributed by atoms with Gasteiger partial charge in [-0.3, -0.25) is 9.39 Å². The number of rotatable bonds is 6. The number of nitrogens with one attached hydrogen (secondary N) is 1. The largest absolute Gasteiger partial charge is 0.496 e. The summed E-state index contributed by atoms with van der Waals surface area (Å²) in [7, 11) is 5.48. The van der Waals surface area contributed by atoms with Crippen LogP contribution in [0.15, 0.2) is 53.7 Å². The van der Waals surface area contributed by atoms with E-state index in [4.69, 9.17) is 4.74 Å². The number of methoxy groups -OCH3 is 1. The van der Waals surface area contributed by atoms with Crippen molar-refractivity contribution in [3.05, 3.63) is 60.0 Å². The predicted octanol–water partition coefficient (Wildman–Crippen LogP) is 1.99. The summed E-state index contributed by atoms with van der Waals surface area (Å²) in [5.74, 6) is 2.63. The Morgan fingerprint density at radius 1 is 1.19 bits per heavy atom. The average Bonchev–Trinajstić information content (AvgIpc) is 3.09. The SMILES string of the molecule is CN=C(NCCc1nnc2ccccn12)N(C)Cc1ccccc1OC. The maximum absolute atomic E-state index is 5.43. The van der Waals surface area contributed by atoms with Crippen molar-refractivity contribution >= 4 is 11.6 Å². The van der Waals surface area contributed by atoms with Gasteiger partial charge in [0.25, 0.3) is 0 Å². The van der Waals surface area contributed by atoms with Crippen molar-refractivity contribution in [2.75, 3.05) is 27.7 Å². The van der Waals surface area contributed by atoms with Crippen molar-refractivity contribution in [2.24, 2.45) is 4.99 Å². The summed E-state index contributed by atoms with van der Waals surface area (Å²) < 4.78 is 7.43. The summed E-state index contributed by atoms with van der Waals surface area (Å²) in [6.45, 7) is 1.43. The summed E-state index contributed by atoms with van der Waals surface area (Å²) in [5, 5.41) is 11.8. The van der Waals surface area contributed by atoms with Gasteiger partial charge in [0.1, 0.15) is 11.6 Å². The molecule has 0 saturated heterocycles. The van der Waals surface area contributed by atoms with E-state index in [0.29, 0.717) is 6.54 Å². The maximum atomic E-state index is 5.43. The van der Waals surface area contributed by atoms with Crippen molar-refractivity contribution in [3.8, 4) is 5.75 Å². The first-order valence-corrected chi connectivity index (χ1v) is 8.55. The lowest BCUT2D eigenvalue weighted by Crippen LogP contribution is -2.39. The van der Waals surface area contributed by atoms with Crippen LogP contribution in [0.5, 0.6) is 5.75 Å². The normalized spacial score (nSPS) is 11.6. The minimum Gasteiger partial charge on any atom is -0.496 e. The third-order valence-corrected chi connectivity index (χ3v) is 4.19. The lowest BCUT2D eigenvalue weighted by atomic mass is 10.2. The van der Waals surface area contributed by atoms with E-state index in [2.05, 4.69) is 31.5 Å². The number of guanidine groups is 1. The molecule has 0 amide bonds. The second-order valence-electron chi connectivity index (χ2n) is 5.94. The van der Waals surface area contributed by atoms with E-state index in [1.165, 1.54) is 0 Å². The first kappa shape index (κ1) is 17.7. The van der Waals surface area contributed by atoms with Crippen LogP contribution < -0.4 is 10.1 Å². The van der Waals surface area contributed by atoms with Gasteiger partial charge in [0.2, 0.25) is 0 Å². The molecule has 136 valence electrons. The Morgan fingerprint density at radius 2 is 2.00 bits per heavy atom. The van der Waals surface area contributed by atoms with Gasteiger partial charge in [-0.15, -0.1) is 10.2 Å². The second kappa shape index (κ2) is 8.33. The molecule has 0 radical (unpaired) electrons. The second-order valence-corrected chi connectivity index (χ2v) is 5.94. The quantitative estimate of drug-likeness (QED) is 0.543. The van der Waals surface area contributed by atoms with Crippen molar-refractivity contribution in [1.82, 2.24) is 24.8 Å². The Bertz CT molecular complexity index is 888. The molecule has 3 rings (SSSR count). The number of pyridine rings is 1. The van der Waals surface area contributed by atoms with E-state index in [0.717, 1.165) is 41.7 Å². The van der Waals surface area contributed by atoms with Gasteiger partial charge in [-0.25, -0.2) is 0 Å². The summed E-state index contributed by atoms with van der Waals surface area (Å²) in [4.78, 5) is 6.44. The van der Waals surface area contributed by atoms with Crippen LogP contribution in [-0.4, -0.2) is 53.2 Å². The van der Waals surface area contributed by atoms with Gasteiger partial charge in [0.15, 0.2) is 11.6 Å². The molecule has 0 unspecified atom stereocenters. The summed E-state index contributed by atoms with van der Waals surface area (Å²) in [6.07, 6.45) is 2.74. The number of ether oxygens (including phenoxy) is 1. The number of hydrogen-bond acceptors (Lipinski definition) is 4. The molecule has 0 atom stereocenters. The zero-order valence-electron chi connectivity index (χ0n) is 15.4. The van der Waals surface area contributed by atoms with Crippen LogP contribution in [0.2, 0.25) is 0 Å². The lowest BCUT2D eigenvalue weighted by Gasteiger charge is -2.23. The van der Waals surface area contributed by atoms with Crippen molar-refractivity contribution in [1.29, 1.82) is 0 Å². The van der Waals surface area contributed by atoms with Gasteiger partial charge in [-0.1, -0.05) is 24.3 Å². The molecular formula is C19H24N6O. The van der Waals surface area contributed by atoms with Crippen LogP contribution in [0.4, 0.5) is 0 Å². The number of aromatic nitrogens is 3. The summed E-state index contributed by atoms with van der Waals surface area (Å²) in [5.41, 5.74) is 1.98. The van der Waals surface area contributed by atoms with E-state index >= 15 is 0 Å². The van der Waals surface area contributed by atoms with Crippen molar-refractivity contribution in [2.45, 2.75) is 13.0 Å². The van der Waals surface area contributed by atoms with E-state index in [1.54, 1.807) is 14.2 Å². The molecule has 7 heteroatoms. The van der Waals surface area contributed by atoms with Crippen molar-refractivity contribution in [3.63, 3.8) is 0 Å². The number of aliphatic imine (C=N–C) groups is 1. The molecule has 2 heterocycles. The smallest absolute Gasteiger partial charge is 0.193 e. The molecule has 2 aromatic heterocycles. The number of nitrogens with zero attached hydrogens (tertiary/aromatic N) is 5. The Labute approximate surface area is 153 Å². The number of benzene rings is 1. The van der Waals surface area contributed by atoms with Crippen LogP contribution in [0.1, 0.15) is 11.4 Å². The molecular weight excluding hydrogens is 328 g/mol. The maximum Gasteiger partial charge on any atom is 0.193 e. The van der Waals surface area contributed by atoms with Gasteiger partial charge >= 0.3 is 0 Å². The Hall–Kier alpha value is -3.09. The Balaban J connectivity index is 1.59. The fraction of sp³-hybridized carbons (Fsp3) is 0.316.